The van der Waals surface area contributed by atoms with Crippen LogP contribution in [-0.4, -0.2) is 19.6 Å². The number of hydrogen-bond donors (Lipinski definition) is 1. The Hall–Kier alpha value is -6.52. The molecule has 0 unspecified atom stereocenters. The fourth-order valence-electron chi connectivity index (χ4n) is 8.46. The summed E-state index contributed by atoms with van der Waals surface area (Å²) in [5, 5.41) is 15.6. The van der Waals surface area contributed by atoms with Gasteiger partial charge in [0, 0.05) is 27.5 Å². The van der Waals surface area contributed by atoms with E-state index in [1.165, 1.54) is 11.1 Å². The number of pyridine rings is 1. The number of hydrogen-bond acceptors (Lipinski definition) is 3. The molecule has 7 aromatic carbocycles. The third-order valence-corrected chi connectivity index (χ3v) is 11.9. The summed E-state index contributed by atoms with van der Waals surface area (Å²) in [6, 6.07) is 53.9. The smallest absolute Gasteiger partial charge is 0.149 e. The van der Waals surface area contributed by atoms with Crippen molar-refractivity contribution in [2.75, 3.05) is 0 Å². The first-order valence-corrected chi connectivity index (χ1v) is 21.1. The summed E-state index contributed by atoms with van der Waals surface area (Å²) in [5.74, 6) is 0.948. The molecule has 298 valence electrons. The maximum atomic E-state index is 12.5. The van der Waals surface area contributed by atoms with Gasteiger partial charge < -0.3 is 5.11 Å². The number of aromatic nitrogens is 3. The van der Waals surface area contributed by atoms with Gasteiger partial charge in [-0.05, 0) is 85.8 Å². The molecule has 0 spiro atoms. The highest BCUT2D eigenvalue weighted by molar-refractivity contribution is 6.18. The van der Waals surface area contributed by atoms with Crippen molar-refractivity contribution in [2.45, 2.75) is 78.6 Å². The number of nitrogens with zero attached hydrogens (tertiary/aromatic N) is 3. The zero-order chi connectivity index (χ0) is 42.1. The van der Waals surface area contributed by atoms with Gasteiger partial charge in [-0.3, -0.25) is 4.57 Å². The Kier molecular flexibility index (Phi) is 9.31. The lowest BCUT2D eigenvalue weighted by Crippen LogP contribution is -2.17. The first kappa shape index (κ1) is 39.0. The van der Waals surface area contributed by atoms with Gasteiger partial charge in [-0.25, -0.2) is 9.97 Å². The fourth-order valence-corrected chi connectivity index (χ4v) is 8.46. The second kappa shape index (κ2) is 14.3. The van der Waals surface area contributed by atoms with E-state index in [0.717, 1.165) is 77.5 Å². The van der Waals surface area contributed by atoms with Crippen molar-refractivity contribution in [1.82, 2.24) is 14.5 Å². The summed E-state index contributed by atoms with van der Waals surface area (Å²) < 4.78 is 2.28. The Morgan fingerprint density at radius 1 is 0.450 bits per heavy atom. The number of phenols is 1. The van der Waals surface area contributed by atoms with Crippen LogP contribution in [0, 0.1) is 0 Å². The largest absolute Gasteiger partial charge is 0.507 e. The Morgan fingerprint density at radius 2 is 1.05 bits per heavy atom. The highest BCUT2D eigenvalue weighted by Gasteiger charge is 2.30. The Balaban J connectivity index is 1.40. The van der Waals surface area contributed by atoms with Gasteiger partial charge in [-0.2, -0.15) is 0 Å². The summed E-state index contributed by atoms with van der Waals surface area (Å²) in [4.78, 5) is 11.1. The maximum absolute atomic E-state index is 12.5. The minimum atomic E-state index is -0.318. The number of aromatic hydroxyl groups is 1. The summed E-state index contributed by atoms with van der Waals surface area (Å²) >= 11 is 0. The van der Waals surface area contributed by atoms with Crippen LogP contribution in [0.2, 0.25) is 0 Å². The van der Waals surface area contributed by atoms with Crippen molar-refractivity contribution < 1.29 is 5.11 Å². The number of phenolic OH excluding ortho intramolecular Hbond substituents is 1. The van der Waals surface area contributed by atoms with Crippen LogP contribution in [0.3, 0.4) is 0 Å². The normalized spacial score (nSPS) is 12.5. The van der Waals surface area contributed by atoms with E-state index >= 15 is 0 Å². The molecule has 0 aliphatic carbocycles. The van der Waals surface area contributed by atoms with Crippen LogP contribution in [-0.2, 0) is 16.2 Å². The third kappa shape index (κ3) is 6.94. The van der Waals surface area contributed by atoms with E-state index in [2.05, 4.69) is 212 Å². The minimum Gasteiger partial charge on any atom is -0.507 e. The summed E-state index contributed by atoms with van der Waals surface area (Å²) in [6.45, 7) is 20.0. The molecule has 2 heterocycles. The van der Waals surface area contributed by atoms with Crippen LogP contribution in [0.15, 0.2) is 152 Å². The molecule has 9 rings (SSSR count). The predicted octanol–water partition coefficient (Wildman–Crippen LogP) is 15.0. The number of benzene rings is 7. The van der Waals surface area contributed by atoms with E-state index in [0.29, 0.717) is 11.4 Å². The molecule has 2 aromatic heterocycles. The lowest BCUT2D eigenvalue weighted by atomic mass is 9.79. The molecule has 0 atom stereocenters. The molecular weight excluding hydrogens is 731 g/mol. The average molecular weight is 784 g/mol. The standard InChI is InChI=1S/C56H53N3O/c1-54(2,3)41-27-30-47(43(32-41)36-19-14-11-15-20-36)59-48-29-26-37-23-24-38-25-28-46(40-22-16-21-39(31-40)35-17-12-10-13-18-35)57-50(38)49(37)51(48)58-53(59)44-33-42(55(4,5)6)34-45(52(44)60)56(7,8)9/h10-34,60H,1-9H3. The van der Waals surface area contributed by atoms with Gasteiger partial charge in [-0.1, -0.05) is 178 Å². The Morgan fingerprint density at radius 3 is 1.73 bits per heavy atom. The lowest BCUT2D eigenvalue weighted by molar-refractivity contribution is 0.446. The summed E-state index contributed by atoms with van der Waals surface area (Å²) in [7, 11) is 0. The molecule has 0 aliphatic heterocycles. The second-order valence-electron chi connectivity index (χ2n) is 19.4. The van der Waals surface area contributed by atoms with Gasteiger partial charge in [0.2, 0.25) is 0 Å². The molecule has 9 aromatic rings. The molecule has 60 heavy (non-hydrogen) atoms. The average Bonchev–Trinajstić information content (AvgIpc) is 3.62. The molecule has 4 heteroatoms. The van der Waals surface area contributed by atoms with Crippen LogP contribution in [0.1, 0.15) is 79.0 Å². The minimum absolute atomic E-state index is 0.0675. The van der Waals surface area contributed by atoms with Crippen molar-refractivity contribution in [3.05, 3.63) is 168 Å². The summed E-state index contributed by atoms with van der Waals surface area (Å²) in [5.41, 5.74) is 13.6. The van der Waals surface area contributed by atoms with E-state index in [-0.39, 0.29) is 22.0 Å². The zero-order valence-corrected chi connectivity index (χ0v) is 36.2. The number of fused-ring (bicyclic) bond motifs is 5. The van der Waals surface area contributed by atoms with Gasteiger partial charge in [-0.15, -0.1) is 0 Å². The molecule has 0 radical (unpaired) electrons. The van der Waals surface area contributed by atoms with Gasteiger partial charge in [0.1, 0.15) is 11.6 Å². The van der Waals surface area contributed by atoms with E-state index in [1.807, 2.05) is 6.07 Å². The van der Waals surface area contributed by atoms with Crippen molar-refractivity contribution >= 4 is 32.7 Å². The van der Waals surface area contributed by atoms with Crippen molar-refractivity contribution in [2.24, 2.45) is 0 Å². The molecule has 0 bridgehead atoms. The van der Waals surface area contributed by atoms with E-state index < -0.39 is 0 Å². The second-order valence-corrected chi connectivity index (χ2v) is 19.4. The maximum Gasteiger partial charge on any atom is 0.149 e. The highest BCUT2D eigenvalue weighted by Crippen LogP contribution is 2.46. The van der Waals surface area contributed by atoms with Crippen LogP contribution < -0.4 is 0 Å². The quantitative estimate of drug-likeness (QED) is 0.177. The van der Waals surface area contributed by atoms with E-state index in [1.54, 1.807) is 0 Å². The van der Waals surface area contributed by atoms with Crippen molar-refractivity contribution in [3.63, 3.8) is 0 Å². The fraction of sp³-hybridized carbons (Fsp3) is 0.214. The Labute approximate surface area is 354 Å². The molecule has 0 aliphatic rings. The first-order valence-electron chi connectivity index (χ1n) is 21.1. The molecule has 0 saturated carbocycles. The lowest BCUT2D eigenvalue weighted by Gasteiger charge is -2.28. The molecule has 1 N–H and O–H groups in total. The van der Waals surface area contributed by atoms with Gasteiger partial charge in [0.05, 0.1) is 33.5 Å². The molecule has 4 nitrogen and oxygen atoms in total. The Bertz CT molecular complexity index is 3080. The zero-order valence-electron chi connectivity index (χ0n) is 36.2. The summed E-state index contributed by atoms with van der Waals surface area (Å²) in [6.07, 6.45) is 0. The molecule has 0 saturated heterocycles. The van der Waals surface area contributed by atoms with Crippen LogP contribution in [0.5, 0.6) is 5.75 Å². The van der Waals surface area contributed by atoms with E-state index in [4.69, 9.17) is 9.97 Å². The van der Waals surface area contributed by atoms with Gasteiger partial charge in [0.15, 0.2) is 0 Å². The van der Waals surface area contributed by atoms with Gasteiger partial charge >= 0.3 is 0 Å². The van der Waals surface area contributed by atoms with Crippen molar-refractivity contribution in [1.29, 1.82) is 0 Å². The van der Waals surface area contributed by atoms with Crippen LogP contribution in [0.4, 0.5) is 0 Å². The SMILES string of the molecule is CC(C)(C)c1ccc(-n2c(-c3cc(C(C)(C)C)cc(C(C)(C)C)c3O)nc3c4c(ccc5ccc(-c6cccc(-c7ccccc7)c6)nc54)ccc32)c(-c2ccccc2)c1. The van der Waals surface area contributed by atoms with Gasteiger partial charge in [0.25, 0.3) is 0 Å². The molecule has 0 amide bonds. The van der Waals surface area contributed by atoms with Crippen molar-refractivity contribution in [3.8, 4) is 56.3 Å². The topological polar surface area (TPSA) is 50.9 Å². The third-order valence-electron chi connectivity index (χ3n) is 11.9. The number of imidazole rings is 1. The predicted molar refractivity (Wildman–Crippen MR) is 253 cm³/mol. The number of rotatable bonds is 5. The van der Waals surface area contributed by atoms with Crippen LogP contribution >= 0.6 is 0 Å². The first-order chi connectivity index (χ1) is 28.6. The molecule has 0 fully saturated rings. The molecular formula is C56H53N3O. The van der Waals surface area contributed by atoms with E-state index in [9.17, 15) is 5.11 Å². The monoisotopic (exact) mass is 783 g/mol. The van der Waals surface area contributed by atoms with Crippen LogP contribution in [0.25, 0.3) is 83.3 Å². The highest BCUT2D eigenvalue weighted by atomic mass is 16.3.